The molecule has 3 heteroatoms. The van der Waals surface area contributed by atoms with Gasteiger partial charge in [-0.2, -0.15) is 0 Å². The van der Waals surface area contributed by atoms with Crippen molar-refractivity contribution in [3.8, 4) is 0 Å². The first-order valence-corrected chi connectivity index (χ1v) is 2.50. The smallest absolute Gasteiger partial charge is 0.307 e. The number of carbonyl (C=O) groups is 1. The molecule has 0 saturated carbocycles. The van der Waals surface area contributed by atoms with Crippen LogP contribution in [0.25, 0.3) is 0 Å². The van der Waals surface area contributed by atoms with Crippen LogP contribution in [0.3, 0.4) is 0 Å². The van der Waals surface area contributed by atoms with Crippen molar-refractivity contribution in [2.45, 2.75) is 13.8 Å². The van der Waals surface area contributed by atoms with Gasteiger partial charge in [-0.15, -0.1) is 0 Å². The third kappa shape index (κ3) is 5.50. The lowest BCUT2D eigenvalue weighted by molar-refractivity contribution is -0.135. The maximum absolute atomic E-state index is 10.0. The summed E-state index contributed by atoms with van der Waals surface area (Å²) in [5, 5.41) is 0.459. The van der Waals surface area contributed by atoms with Gasteiger partial charge in [0.05, 0.1) is 5.03 Å². The van der Waals surface area contributed by atoms with E-state index in [2.05, 4.69) is 4.74 Å². The molecule has 0 aliphatic carbocycles. The molecule has 0 radical (unpaired) electrons. The molecule has 0 bridgehead atoms. The zero-order valence-electron chi connectivity index (χ0n) is 4.77. The molecule has 0 aromatic carbocycles. The molecule has 0 aromatic rings. The van der Waals surface area contributed by atoms with E-state index in [4.69, 9.17) is 11.6 Å². The highest BCUT2D eigenvalue weighted by molar-refractivity contribution is 6.29. The molecule has 0 heterocycles. The highest BCUT2D eigenvalue weighted by Crippen LogP contribution is 1.97. The summed E-state index contributed by atoms with van der Waals surface area (Å²) < 4.78 is 4.37. The Labute approximate surface area is 53.1 Å². The summed E-state index contributed by atoms with van der Waals surface area (Å²) in [6.07, 6.45) is 1.20. The maximum atomic E-state index is 10.0. The van der Waals surface area contributed by atoms with Gasteiger partial charge >= 0.3 is 5.97 Å². The molecule has 2 nitrogen and oxygen atoms in total. The molecule has 0 amide bonds. The maximum Gasteiger partial charge on any atom is 0.307 e. The standard InChI is InChI=1S/C5H7ClO2/c1-4(6)3-8-5(2)7/h3H,1-2H3. The van der Waals surface area contributed by atoms with Crippen molar-refractivity contribution in [3.05, 3.63) is 11.3 Å². The van der Waals surface area contributed by atoms with E-state index in [0.717, 1.165) is 0 Å². The summed E-state index contributed by atoms with van der Waals surface area (Å²) in [5.41, 5.74) is 0. The van der Waals surface area contributed by atoms with Gasteiger partial charge in [-0.25, -0.2) is 0 Å². The Morgan fingerprint density at radius 3 is 2.25 bits per heavy atom. The van der Waals surface area contributed by atoms with Crippen LogP contribution in [0.5, 0.6) is 0 Å². The minimum atomic E-state index is -0.356. The lowest BCUT2D eigenvalue weighted by Crippen LogP contribution is -1.89. The third-order valence-corrected chi connectivity index (χ3v) is 0.476. The van der Waals surface area contributed by atoms with Crippen LogP contribution in [0.15, 0.2) is 11.3 Å². The molecule has 0 N–H and O–H groups in total. The van der Waals surface area contributed by atoms with E-state index in [-0.39, 0.29) is 5.97 Å². The third-order valence-electron chi connectivity index (χ3n) is 0.387. The summed E-state index contributed by atoms with van der Waals surface area (Å²) in [6.45, 7) is 2.95. The normalized spacial score (nSPS) is 11.1. The molecule has 0 saturated heterocycles. The van der Waals surface area contributed by atoms with Crippen LogP contribution >= 0.6 is 11.6 Å². The van der Waals surface area contributed by atoms with E-state index in [1.54, 1.807) is 6.92 Å². The second-order valence-electron chi connectivity index (χ2n) is 1.31. The van der Waals surface area contributed by atoms with Crippen molar-refractivity contribution in [2.75, 3.05) is 0 Å². The fourth-order valence-electron chi connectivity index (χ4n) is 0.164. The summed E-state index contributed by atoms with van der Waals surface area (Å²) in [6, 6.07) is 0. The second kappa shape index (κ2) is 3.50. The largest absolute Gasteiger partial charge is 0.433 e. The average Bonchev–Trinajstić information content (AvgIpc) is 1.61. The first kappa shape index (κ1) is 7.50. The van der Waals surface area contributed by atoms with Crippen molar-refractivity contribution in [1.29, 1.82) is 0 Å². The van der Waals surface area contributed by atoms with E-state index in [1.165, 1.54) is 13.2 Å². The van der Waals surface area contributed by atoms with Gasteiger partial charge in [0.15, 0.2) is 0 Å². The molecule has 0 spiro atoms. The average molecular weight is 135 g/mol. The molecule has 8 heavy (non-hydrogen) atoms. The zero-order valence-corrected chi connectivity index (χ0v) is 5.53. The zero-order chi connectivity index (χ0) is 6.57. The lowest BCUT2D eigenvalue weighted by Gasteiger charge is -1.88. The highest BCUT2D eigenvalue weighted by Gasteiger charge is 1.85. The number of esters is 1. The number of halogens is 1. The molecule has 0 rings (SSSR count). The molecule has 0 fully saturated rings. The van der Waals surface area contributed by atoms with Crippen molar-refractivity contribution >= 4 is 17.6 Å². The van der Waals surface area contributed by atoms with Gasteiger partial charge in [0.25, 0.3) is 0 Å². The van der Waals surface area contributed by atoms with Gasteiger partial charge in [-0.3, -0.25) is 4.79 Å². The fraction of sp³-hybridized carbons (Fsp3) is 0.400. The Bertz CT molecular complexity index is 114. The summed E-state index contributed by atoms with van der Waals surface area (Å²) in [7, 11) is 0. The Balaban J connectivity index is 3.45. The van der Waals surface area contributed by atoms with Gasteiger partial charge in [-0.1, -0.05) is 11.6 Å². The van der Waals surface area contributed by atoms with E-state index < -0.39 is 0 Å². The molecular formula is C5H7ClO2. The predicted octanol–water partition coefficient (Wildman–Crippen LogP) is 1.65. The quantitative estimate of drug-likeness (QED) is 0.403. The van der Waals surface area contributed by atoms with E-state index in [0.29, 0.717) is 5.03 Å². The van der Waals surface area contributed by atoms with Gasteiger partial charge in [-0.05, 0) is 6.92 Å². The number of ether oxygens (including phenoxy) is 1. The van der Waals surface area contributed by atoms with E-state index in [9.17, 15) is 4.79 Å². The molecular weight excluding hydrogens is 128 g/mol. The molecule has 0 aromatic heterocycles. The molecule has 0 aliphatic rings. The summed E-state index contributed by atoms with van der Waals surface area (Å²) >= 11 is 5.31. The highest BCUT2D eigenvalue weighted by atomic mass is 35.5. The summed E-state index contributed by atoms with van der Waals surface area (Å²) in [4.78, 5) is 10.0. The molecule has 46 valence electrons. The molecule has 0 aliphatic heterocycles. The van der Waals surface area contributed by atoms with Crippen LogP contribution in [0.1, 0.15) is 13.8 Å². The SMILES string of the molecule is CC(=O)OC=C(C)Cl. The molecule has 0 atom stereocenters. The summed E-state index contributed by atoms with van der Waals surface area (Å²) in [5.74, 6) is -0.356. The Morgan fingerprint density at radius 2 is 2.12 bits per heavy atom. The van der Waals surface area contributed by atoms with Crippen molar-refractivity contribution < 1.29 is 9.53 Å². The van der Waals surface area contributed by atoms with E-state index in [1.807, 2.05) is 0 Å². The minimum Gasteiger partial charge on any atom is -0.433 e. The Hall–Kier alpha value is -0.500. The number of hydrogen-bond acceptors (Lipinski definition) is 2. The van der Waals surface area contributed by atoms with Crippen LogP contribution in [0.4, 0.5) is 0 Å². The number of carbonyl (C=O) groups excluding carboxylic acids is 1. The Kier molecular flexibility index (Phi) is 3.28. The number of rotatable bonds is 1. The molecule has 0 unspecified atom stereocenters. The minimum absolute atomic E-state index is 0.356. The van der Waals surface area contributed by atoms with Crippen LogP contribution in [0.2, 0.25) is 0 Å². The monoisotopic (exact) mass is 134 g/mol. The topological polar surface area (TPSA) is 26.3 Å². The number of allylic oxidation sites excluding steroid dienone is 1. The van der Waals surface area contributed by atoms with Gasteiger partial charge in [0.1, 0.15) is 6.26 Å². The first-order chi connectivity index (χ1) is 3.63. The van der Waals surface area contributed by atoms with Gasteiger partial charge < -0.3 is 4.74 Å². The van der Waals surface area contributed by atoms with E-state index >= 15 is 0 Å². The fourth-order valence-corrected chi connectivity index (χ4v) is 0.209. The first-order valence-electron chi connectivity index (χ1n) is 2.12. The predicted molar refractivity (Wildman–Crippen MR) is 31.4 cm³/mol. The van der Waals surface area contributed by atoms with Gasteiger partial charge in [0, 0.05) is 6.92 Å². The Morgan fingerprint density at radius 1 is 1.62 bits per heavy atom. The van der Waals surface area contributed by atoms with Crippen LogP contribution in [-0.2, 0) is 9.53 Å². The van der Waals surface area contributed by atoms with Crippen molar-refractivity contribution in [3.63, 3.8) is 0 Å². The lowest BCUT2D eigenvalue weighted by atomic mass is 10.7. The number of hydrogen-bond donors (Lipinski definition) is 0. The van der Waals surface area contributed by atoms with Crippen molar-refractivity contribution in [1.82, 2.24) is 0 Å². The van der Waals surface area contributed by atoms with Crippen LogP contribution < -0.4 is 0 Å². The van der Waals surface area contributed by atoms with Gasteiger partial charge in [0.2, 0.25) is 0 Å². The van der Waals surface area contributed by atoms with Crippen LogP contribution in [0, 0.1) is 0 Å². The van der Waals surface area contributed by atoms with Crippen LogP contribution in [-0.4, -0.2) is 5.97 Å². The second-order valence-corrected chi connectivity index (χ2v) is 1.91. The van der Waals surface area contributed by atoms with Crippen molar-refractivity contribution in [2.24, 2.45) is 0 Å².